The second kappa shape index (κ2) is 5.25. The van der Waals surface area contributed by atoms with Gasteiger partial charge in [0.05, 0.1) is 5.56 Å². The average Bonchev–Trinajstić information content (AvgIpc) is 2.04. The summed E-state index contributed by atoms with van der Waals surface area (Å²) in [4.78, 5) is 21.2. The van der Waals surface area contributed by atoms with E-state index in [-0.39, 0.29) is 44.1 Å². The van der Waals surface area contributed by atoms with Gasteiger partial charge in [-0.3, -0.25) is 4.79 Å². The molecule has 0 aliphatic carbocycles. The standard InChI is InChI=1S/C9H8O3.Y/c1-6(10)7-2-4-8(5-3-7)9(11)12;/h2-5H,1H3,(H,11,12);. The third kappa shape index (κ3) is 3.37. The van der Waals surface area contributed by atoms with Crippen LogP contribution in [0.15, 0.2) is 24.3 Å². The Morgan fingerprint density at radius 2 is 1.46 bits per heavy atom. The quantitative estimate of drug-likeness (QED) is 0.814. The fraction of sp³-hybridized carbons (Fsp3) is 0.111. The summed E-state index contributed by atoms with van der Waals surface area (Å²) in [5.41, 5.74) is 0.722. The van der Waals surface area contributed by atoms with Gasteiger partial charge in [0.15, 0.2) is 5.78 Å². The van der Waals surface area contributed by atoms with E-state index < -0.39 is 5.97 Å². The number of aromatic carboxylic acids is 1. The molecule has 0 heterocycles. The second-order valence-corrected chi connectivity index (χ2v) is 2.44. The van der Waals surface area contributed by atoms with Gasteiger partial charge in [0.25, 0.3) is 0 Å². The zero-order chi connectivity index (χ0) is 9.14. The van der Waals surface area contributed by atoms with Crippen molar-refractivity contribution >= 4 is 11.8 Å². The number of ketones is 1. The molecule has 0 aliphatic heterocycles. The monoisotopic (exact) mass is 253 g/mol. The molecule has 0 spiro atoms. The second-order valence-electron chi connectivity index (χ2n) is 2.44. The topological polar surface area (TPSA) is 54.4 Å². The Morgan fingerprint density at radius 3 is 1.77 bits per heavy atom. The number of rotatable bonds is 2. The first-order valence-electron chi connectivity index (χ1n) is 3.45. The van der Waals surface area contributed by atoms with Crippen molar-refractivity contribution in [3.8, 4) is 0 Å². The molecule has 4 heteroatoms. The van der Waals surface area contributed by atoms with Crippen LogP contribution in [-0.2, 0) is 32.7 Å². The van der Waals surface area contributed by atoms with Gasteiger partial charge in [0.2, 0.25) is 0 Å². The van der Waals surface area contributed by atoms with Crippen molar-refractivity contribution < 1.29 is 47.4 Å². The molecule has 0 fully saturated rings. The van der Waals surface area contributed by atoms with Gasteiger partial charge in [0.1, 0.15) is 0 Å². The summed E-state index contributed by atoms with van der Waals surface area (Å²) < 4.78 is 0. The fourth-order valence-corrected chi connectivity index (χ4v) is 0.848. The van der Waals surface area contributed by atoms with Crippen LogP contribution in [0.2, 0.25) is 0 Å². The number of Topliss-reactive ketones (excluding diaryl/α,β-unsaturated/α-hetero) is 1. The largest absolute Gasteiger partial charge is 0.478 e. The van der Waals surface area contributed by atoms with Gasteiger partial charge < -0.3 is 5.11 Å². The predicted molar refractivity (Wildman–Crippen MR) is 43.4 cm³/mol. The number of hydrogen-bond donors (Lipinski definition) is 1. The maximum Gasteiger partial charge on any atom is 0.335 e. The van der Waals surface area contributed by atoms with Gasteiger partial charge in [-0.1, -0.05) is 12.1 Å². The average molecular weight is 253 g/mol. The molecule has 0 atom stereocenters. The number of carbonyl (C=O) groups excluding carboxylic acids is 1. The maximum atomic E-state index is 10.8. The van der Waals surface area contributed by atoms with Crippen molar-refractivity contribution in [1.82, 2.24) is 0 Å². The van der Waals surface area contributed by atoms with Gasteiger partial charge in [-0.15, -0.1) is 0 Å². The Labute approximate surface area is 101 Å². The molecule has 65 valence electrons. The van der Waals surface area contributed by atoms with E-state index in [1.165, 1.54) is 31.2 Å². The van der Waals surface area contributed by atoms with Gasteiger partial charge in [-0.25, -0.2) is 4.79 Å². The van der Waals surface area contributed by atoms with Gasteiger partial charge in [-0.2, -0.15) is 0 Å². The minimum atomic E-state index is -0.981. The molecule has 1 radical (unpaired) electrons. The Balaban J connectivity index is 0.00000144. The van der Waals surface area contributed by atoms with Crippen molar-refractivity contribution in [3.63, 3.8) is 0 Å². The van der Waals surface area contributed by atoms with Crippen molar-refractivity contribution in [2.75, 3.05) is 0 Å². The molecule has 0 unspecified atom stereocenters. The van der Waals surface area contributed by atoms with Crippen LogP contribution >= 0.6 is 0 Å². The molecule has 1 aromatic rings. The zero-order valence-electron chi connectivity index (χ0n) is 7.15. The summed E-state index contributed by atoms with van der Waals surface area (Å²) in [5.74, 6) is -1.04. The third-order valence-corrected chi connectivity index (χ3v) is 1.54. The van der Waals surface area contributed by atoms with Crippen LogP contribution in [0.4, 0.5) is 0 Å². The minimum Gasteiger partial charge on any atom is -0.478 e. The Morgan fingerprint density at radius 1 is 1.08 bits per heavy atom. The molecule has 0 saturated carbocycles. The van der Waals surface area contributed by atoms with Crippen molar-refractivity contribution in [2.45, 2.75) is 6.92 Å². The van der Waals surface area contributed by atoms with E-state index in [9.17, 15) is 9.59 Å². The molecule has 13 heavy (non-hydrogen) atoms. The maximum absolute atomic E-state index is 10.8. The van der Waals surface area contributed by atoms with Crippen molar-refractivity contribution in [2.24, 2.45) is 0 Å². The van der Waals surface area contributed by atoms with E-state index in [0.717, 1.165) is 0 Å². The molecule has 3 nitrogen and oxygen atoms in total. The molecular weight excluding hydrogens is 245 g/mol. The number of carboxylic acids is 1. The molecule has 1 N–H and O–H groups in total. The van der Waals surface area contributed by atoms with Crippen molar-refractivity contribution in [3.05, 3.63) is 35.4 Å². The van der Waals surface area contributed by atoms with E-state index in [4.69, 9.17) is 5.11 Å². The Kier molecular flexibility index (Phi) is 5.03. The molecule has 0 aliphatic rings. The van der Waals surface area contributed by atoms with Crippen LogP contribution < -0.4 is 0 Å². The molecular formula is C9H8O3Y. The van der Waals surface area contributed by atoms with E-state index in [2.05, 4.69) is 0 Å². The molecule has 0 bridgehead atoms. The summed E-state index contributed by atoms with van der Waals surface area (Å²) >= 11 is 0. The summed E-state index contributed by atoms with van der Waals surface area (Å²) in [5, 5.41) is 8.53. The Bertz CT molecular complexity index is 283. The number of carboxylic acid groups (broad SMARTS) is 1. The molecule has 1 rings (SSSR count). The normalized spacial score (nSPS) is 8.69. The van der Waals surface area contributed by atoms with E-state index in [1.807, 2.05) is 0 Å². The summed E-state index contributed by atoms with van der Waals surface area (Å²) in [6.07, 6.45) is 0. The van der Waals surface area contributed by atoms with Gasteiger partial charge >= 0.3 is 5.97 Å². The fourth-order valence-electron chi connectivity index (χ4n) is 0.848. The van der Waals surface area contributed by atoms with Crippen LogP contribution in [0.25, 0.3) is 0 Å². The van der Waals surface area contributed by atoms with Crippen LogP contribution in [0.3, 0.4) is 0 Å². The third-order valence-electron chi connectivity index (χ3n) is 1.54. The number of carbonyl (C=O) groups is 2. The smallest absolute Gasteiger partial charge is 0.335 e. The SMILES string of the molecule is CC(=O)c1ccc(C(=O)O)cc1.[Y]. The summed E-state index contributed by atoms with van der Waals surface area (Å²) in [6.45, 7) is 1.44. The first kappa shape index (κ1) is 12.5. The van der Waals surface area contributed by atoms with Crippen LogP contribution in [0.1, 0.15) is 27.6 Å². The number of hydrogen-bond acceptors (Lipinski definition) is 2. The van der Waals surface area contributed by atoms with E-state index in [0.29, 0.717) is 5.56 Å². The molecule has 1 aromatic carbocycles. The van der Waals surface area contributed by atoms with Crippen LogP contribution in [0.5, 0.6) is 0 Å². The number of benzene rings is 1. The Hall–Kier alpha value is -0.536. The predicted octanol–water partition coefficient (Wildman–Crippen LogP) is 1.58. The summed E-state index contributed by atoms with van der Waals surface area (Å²) in [7, 11) is 0. The van der Waals surface area contributed by atoms with Crippen LogP contribution in [-0.4, -0.2) is 16.9 Å². The van der Waals surface area contributed by atoms with Crippen LogP contribution in [0, 0.1) is 0 Å². The minimum absolute atomic E-state index is 0. The summed E-state index contributed by atoms with van der Waals surface area (Å²) in [6, 6.07) is 5.84. The molecule has 0 amide bonds. The molecule has 0 saturated heterocycles. The van der Waals surface area contributed by atoms with Gasteiger partial charge in [0, 0.05) is 38.3 Å². The first-order chi connectivity index (χ1) is 5.61. The zero-order valence-corrected chi connectivity index (χ0v) is 9.99. The van der Waals surface area contributed by atoms with Crippen molar-refractivity contribution in [1.29, 1.82) is 0 Å². The first-order valence-corrected chi connectivity index (χ1v) is 3.45. The van der Waals surface area contributed by atoms with Gasteiger partial charge in [-0.05, 0) is 19.1 Å². The molecule has 0 aromatic heterocycles. The van der Waals surface area contributed by atoms with E-state index in [1.54, 1.807) is 0 Å². The van der Waals surface area contributed by atoms with E-state index >= 15 is 0 Å².